The van der Waals surface area contributed by atoms with Crippen molar-refractivity contribution < 1.29 is 9.21 Å². The Morgan fingerprint density at radius 1 is 1.30 bits per heavy atom. The van der Waals surface area contributed by atoms with Crippen LogP contribution < -0.4 is 5.32 Å². The second kappa shape index (κ2) is 7.60. The van der Waals surface area contributed by atoms with Gasteiger partial charge < -0.3 is 14.3 Å². The molecule has 6 nitrogen and oxygen atoms in total. The quantitative estimate of drug-likeness (QED) is 0.630. The Morgan fingerprint density at radius 2 is 2.07 bits per heavy atom. The first-order valence-corrected chi connectivity index (χ1v) is 10.0. The highest BCUT2D eigenvalue weighted by molar-refractivity contribution is 7.99. The van der Waals surface area contributed by atoms with Crippen molar-refractivity contribution in [2.24, 2.45) is 13.0 Å². The van der Waals surface area contributed by atoms with Crippen molar-refractivity contribution >= 4 is 17.7 Å². The van der Waals surface area contributed by atoms with Gasteiger partial charge in [-0.25, -0.2) is 0 Å². The summed E-state index contributed by atoms with van der Waals surface area (Å²) in [6.07, 6.45) is 3.98. The predicted molar refractivity (Wildman–Crippen MR) is 104 cm³/mol. The fourth-order valence-electron chi connectivity index (χ4n) is 3.20. The van der Waals surface area contributed by atoms with Crippen molar-refractivity contribution in [3.8, 4) is 11.4 Å². The number of nitrogens with one attached hydrogen (secondary N) is 1. The van der Waals surface area contributed by atoms with E-state index >= 15 is 0 Å². The molecule has 4 rings (SSSR count). The van der Waals surface area contributed by atoms with Crippen LogP contribution in [0.15, 0.2) is 52.2 Å². The molecule has 1 aromatic carbocycles. The molecule has 1 aliphatic carbocycles. The van der Waals surface area contributed by atoms with Crippen LogP contribution >= 0.6 is 11.8 Å². The molecule has 0 aliphatic heterocycles. The van der Waals surface area contributed by atoms with Crippen molar-refractivity contribution in [3.63, 3.8) is 0 Å². The van der Waals surface area contributed by atoms with Gasteiger partial charge in [0.05, 0.1) is 23.6 Å². The summed E-state index contributed by atoms with van der Waals surface area (Å²) in [4.78, 5) is 12.5. The van der Waals surface area contributed by atoms with Gasteiger partial charge in [-0.3, -0.25) is 4.79 Å². The molecule has 2 aromatic heterocycles. The number of furan rings is 1. The van der Waals surface area contributed by atoms with Crippen molar-refractivity contribution in [2.75, 3.05) is 5.75 Å². The average Bonchev–Trinajstić information content (AvgIpc) is 3.34. The average molecular weight is 382 g/mol. The molecule has 1 saturated carbocycles. The van der Waals surface area contributed by atoms with Gasteiger partial charge in [-0.15, -0.1) is 10.2 Å². The summed E-state index contributed by atoms with van der Waals surface area (Å²) in [6, 6.07) is 12.2. The monoisotopic (exact) mass is 382 g/mol. The highest BCUT2D eigenvalue weighted by atomic mass is 32.2. The molecule has 0 radical (unpaired) electrons. The molecule has 1 atom stereocenters. The number of benzene rings is 1. The Labute approximate surface area is 162 Å². The number of hydrogen-bond donors (Lipinski definition) is 1. The molecule has 7 heteroatoms. The smallest absolute Gasteiger partial charge is 0.230 e. The Morgan fingerprint density at radius 3 is 2.74 bits per heavy atom. The number of hydrogen-bond acceptors (Lipinski definition) is 5. The second-order valence-electron chi connectivity index (χ2n) is 6.84. The molecule has 1 unspecified atom stereocenters. The molecule has 0 spiro atoms. The van der Waals surface area contributed by atoms with Gasteiger partial charge >= 0.3 is 0 Å². The maximum Gasteiger partial charge on any atom is 0.230 e. The van der Waals surface area contributed by atoms with E-state index in [4.69, 9.17) is 4.42 Å². The van der Waals surface area contributed by atoms with E-state index in [0.29, 0.717) is 16.8 Å². The maximum atomic E-state index is 12.5. The third-order valence-corrected chi connectivity index (χ3v) is 5.86. The van der Waals surface area contributed by atoms with Crippen molar-refractivity contribution in [3.05, 3.63) is 54.0 Å². The summed E-state index contributed by atoms with van der Waals surface area (Å²) in [5.41, 5.74) is 2.09. The van der Waals surface area contributed by atoms with Crippen molar-refractivity contribution in [1.82, 2.24) is 20.1 Å². The van der Waals surface area contributed by atoms with E-state index in [9.17, 15) is 4.79 Å². The van der Waals surface area contributed by atoms with Crippen LogP contribution in [0, 0.1) is 12.8 Å². The largest absolute Gasteiger partial charge is 0.469 e. The first-order chi connectivity index (χ1) is 13.1. The number of aromatic nitrogens is 3. The SMILES string of the molecule is Cc1occc1-c1nnc(SCC(=O)NC(c2ccccc2)C2CC2)n1C. The highest BCUT2D eigenvalue weighted by Crippen LogP contribution is 2.41. The van der Waals surface area contributed by atoms with Gasteiger partial charge in [0.1, 0.15) is 5.76 Å². The number of rotatable bonds is 7. The van der Waals surface area contributed by atoms with Gasteiger partial charge in [0.15, 0.2) is 11.0 Å². The van der Waals surface area contributed by atoms with Crippen LogP contribution in [0.1, 0.15) is 30.2 Å². The summed E-state index contributed by atoms with van der Waals surface area (Å²) >= 11 is 1.40. The fraction of sp³-hybridized carbons (Fsp3) is 0.350. The van der Waals surface area contributed by atoms with E-state index in [-0.39, 0.29) is 11.9 Å². The number of carbonyl (C=O) groups excluding carboxylic acids is 1. The summed E-state index contributed by atoms with van der Waals surface area (Å²) in [7, 11) is 1.90. The molecule has 0 bridgehead atoms. The first-order valence-electron chi connectivity index (χ1n) is 9.04. The van der Waals surface area contributed by atoms with Gasteiger partial charge in [0, 0.05) is 7.05 Å². The molecule has 1 aliphatic rings. The Balaban J connectivity index is 1.40. The summed E-state index contributed by atoms with van der Waals surface area (Å²) in [5, 5.41) is 12.4. The number of thioether (sulfide) groups is 1. The van der Waals surface area contributed by atoms with Gasteiger partial charge in [-0.1, -0.05) is 42.1 Å². The minimum atomic E-state index is 0.0183. The van der Waals surface area contributed by atoms with Crippen LogP contribution in [0.2, 0.25) is 0 Å². The minimum Gasteiger partial charge on any atom is -0.469 e. The van der Waals surface area contributed by atoms with E-state index in [1.807, 2.05) is 42.8 Å². The Kier molecular flexibility index (Phi) is 5.03. The number of carbonyl (C=O) groups is 1. The molecule has 1 fully saturated rings. The molecule has 1 N–H and O–H groups in total. The standard InChI is InChI=1S/C20H22N4O2S/c1-13-16(10-11-26-13)19-22-23-20(24(19)2)27-12-17(25)21-18(15-8-9-15)14-6-4-3-5-7-14/h3-7,10-11,15,18H,8-9,12H2,1-2H3,(H,21,25). The Bertz CT molecular complexity index is 931. The van der Waals surface area contributed by atoms with Crippen molar-refractivity contribution in [1.29, 1.82) is 0 Å². The Hall–Kier alpha value is -2.54. The van der Waals surface area contributed by atoms with Gasteiger partial charge in [0.25, 0.3) is 0 Å². The maximum absolute atomic E-state index is 12.5. The normalized spacial score (nSPS) is 14.9. The van der Waals surface area contributed by atoms with Crippen LogP contribution in [0.5, 0.6) is 0 Å². The first kappa shape index (κ1) is 17.9. The van der Waals surface area contributed by atoms with E-state index in [0.717, 1.165) is 17.1 Å². The third kappa shape index (κ3) is 3.93. The van der Waals surface area contributed by atoms with Crippen LogP contribution in [0.25, 0.3) is 11.4 Å². The lowest BCUT2D eigenvalue weighted by atomic mass is 10.0. The lowest BCUT2D eigenvalue weighted by Crippen LogP contribution is -2.31. The zero-order chi connectivity index (χ0) is 18.8. The predicted octanol–water partition coefficient (Wildman–Crippen LogP) is 3.74. The van der Waals surface area contributed by atoms with E-state index < -0.39 is 0 Å². The second-order valence-corrected chi connectivity index (χ2v) is 7.78. The van der Waals surface area contributed by atoms with Crippen LogP contribution in [-0.2, 0) is 11.8 Å². The van der Waals surface area contributed by atoms with E-state index in [2.05, 4.69) is 27.6 Å². The number of amides is 1. The molecular weight excluding hydrogens is 360 g/mol. The summed E-state index contributed by atoms with van der Waals surface area (Å²) in [6.45, 7) is 1.89. The van der Waals surface area contributed by atoms with E-state index in [1.165, 1.54) is 30.2 Å². The third-order valence-electron chi connectivity index (χ3n) is 4.84. The molecular formula is C20H22N4O2S. The molecule has 1 amide bonds. The molecule has 140 valence electrons. The van der Waals surface area contributed by atoms with Gasteiger partial charge in [0.2, 0.25) is 5.91 Å². The van der Waals surface area contributed by atoms with Gasteiger partial charge in [-0.2, -0.15) is 0 Å². The van der Waals surface area contributed by atoms with Gasteiger partial charge in [-0.05, 0) is 37.3 Å². The van der Waals surface area contributed by atoms with Crippen LogP contribution in [0.3, 0.4) is 0 Å². The number of nitrogens with zero attached hydrogens (tertiary/aromatic N) is 3. The zero-order valence-corrected chi connectivity index (χ0v) is 16.2. The molecule has 0 saturated heterocycles. The fourth-order valence-corrected chi connectivity index (χ4v) is 3.92. The lowest BCUT2D eigenvalue weighted by molar-refractivity contribution is -0.119. The topological polar surface area (TPSA) is 72.9 Å². The van der Waals surface area contributed by atoms with Crippen LogP contribution in [-0.4, -0.2) is 26.4 Å². The lowest BCUT2D eigenvalue weighted by Gasteiger charge is -2.18. The van der Waals surface area contributed by atoms with Crippen LogP contribution in [0.4, 0.5) is 0 Å². The molecule has 3 aromatic rings. The van der Waals surface area contributed by atoms with E-state index in [1.54, 1.807) is 6.26 Å². The zero-order valence-electron chi connectivity index (χ0n) is 15.4. The van der Waals surface area contributed by atoms with Crippen molar-refractivity contribution in [2.45, 2.75) is 31.0 Å². The summed E-state index contributed by atoms with van der Waals surface area (Å²) < 4.78 is 7.24. The number of aryl methyl sites for hydroxylation is 1. The molecule has 2 heterocycles. The highest BCUT2D eigenvalue weighted by Gasteiger charge is 2.33. The summed E-state index contributed by atoms with van der Waals surface area (Å²) in [5.74, 6) is 2.42. The molecule has 27 heavy (non-hydrogen) atoms. The minimum absolute atomic E-state index is 0.0183.